The van der Waals surface area contributed by atoms with Crippen molar-refractivity contribution in [2.75, 3.05) is 18.6 Å². The molecular weight excluding hydrogens is 444 g/mol. The summed E-state index contributed by atoms with van der Waals surface area (Å²) in [5.74, 6) is 1.33. The van der Waals surface area contributed by atoms with Crippen molar-refractivity contribution in [1.82, 2.24) is 35.0 Å². The SMILES string of the molecule is CCOC(=O)c1cnc2nc(CC)cc(N(C)c3ccc(-c4ccccc4-c4nn[nH]n4)cc3)n12. The molecule has 10 heteroatoms. The van der Waals surface area contributed by atoms with Gasteiger partial charge in [-0.05, 0) is 41.8 Å². The van der Waals surface area contributed by atoms with Crippen LogP contribution in [0.25, 0.3) is 28.3 Å². The summed E-state index contributed by atoms with van der Waals surface area (Å²) in [6.07, 6.45) is 2.25. The summed E-state index contributed by atoms with van der Waals surface area (Å²) < 4.78 is 6.97. The maximum absolute atomic E-state index is 12.6. The fraction of sp³-hybridized carbons (Fsp3) is 0.200. The number of aromatic amines is 1. The van der Waals surface area contributed by atoms with E-state index in [1.165, 1.54) is 6.20 Å². The molecule has 5 rings (SSSR count). The number of nitrogens with one attached hydrogen (secondary N) is 1. The third-order valence-corrected chi connectivity index (χ3v) is 5.78. The van der Waals surface area contributed by atoms with Crippen LogP contribution >= 0.6 is 0 Å². The van der Waals surface area contributed by atoms with Gasteiger partial charge in [0.25, 0.3) is 0 Å². The lowest BCUT2D eigenvalue weighted by molar-refractivity contribution is 0.0518. The number of esters is 1. The number of carbonyl (C=O) groups excluding carboxylic acids is 1. The van der Waals surface area contributed by atoms with Crippen LogP contribution in [-0.2, 0) is 11.2 Å². The molecule has 0 amide bonds. The Labute approximate surface area is 201 Å². The predicted octanol–water partition coefficient (Wildman–Crippen LogP) is 4.08. The van der Waals surface area contributed by atoms with E-state index in [0.29, 0.717) is 17.3 Å². The fourth-order valence-electron chi connectivity index (χ4n) is 4.00. The van der Waals surface area contributed by atoms with Gasteiger partial charge in [-0.1, -0.05) is 43.3 Å². The quantitative estimate of drug-likeness (QED) is 0.355. The number of tetrazole rings is 1. The molecule has 3 aromatic heterocycles. The van der Waals surface area contributed by atoms with E-state index in [2.05, 4.69) is 30.6 Å². The highest BCUT2D eigenvalue weighted by molar-refractivity contribution is 5.89. The maximum atomic E-state index is 12.6. The minimum atomic E-state index is -0.436. The van der Waals surface area contributed by atoms with Crippen molar-refractivity contribution in [2.45, 2.75) is 20.3 Å². The van der Waals surface area contributed by atoms with Gasteiger partial charge in [0.1, 0.15) is 5.82 Å². The molecular formula is C25H24N8O2. The van der Waals surface area contributed by atoms with Crippen LogP contribution in [0.1, 0.15) is 30.0 Å². The van der Waals surface area contributed by atoms with E-state index in [9.17, 15) is 4.79 Å². The molecule has 35 heavy (non-hydrogen) atoms. The summed E-state index contributed by atoms with van der Waals surface area (Å²) >= 11 is 0. The molecule has 0 radical (unpaired) electrons. The second kappa shape index (κ2) is 9.34. The molecule has 10 nitrogen and oxygen atoms in total. The van der Waals surface area contributed by atoms with Crippen LogP contribution in [0.3, 0.4) is 0 Å². The molecule has 0 saturated heterocycles. The van der Waals surface area contributed by atoms with E-state index < -0.39 is 5.97 Å². The summed E-state index contributed by atoms with van der Waals surface area (Å²) in [5.41, 5.74) is 5.07. The van der Waals surface area contributed by atoms with Gasteiger partial charge in [0.15, 0.2) is 5.69 Å². The molecule has 5 aromatic rings. The third-order valence-electron chi connectivity index (χ3n) is 5.78. The molecule has 0 atom stereocenters. The first-order chi connectivity index (χ1) is 17.1. The standard InChI is InChI=1S/C25H24N8O2/c1-4-17-14-22(33-21(24(34)35-5-2)15-26-25(33)27-17)32(3)18-12-10-16(11-13-18)19-8-6-7-9-20(19)23-28-30-31-29-23/h6-15H,4-5H2,1-3H3,(H,28,29,30,31). The number of benzene rings is 2. The number of rotatable bonds is 7. The van der Waals surface area contributed by atoms with E-state index in [0.717, 1.165) is 40.3 Å². The lowest BCUT2D eigenvalue weighted by Crippen LogP contribution is -2.18. The number of anilines is 2. The number of nitrogens with zero attached hydrogens (tertiary/aromatic N) is 7. The number of imidazole rings is 1. The Bertz CT molecular complexity index is 1480. The highest BCUT2D eigenvalue weighted by atomic mass is 16.5. The van der Waals surface area contributed by atoms with Gasteiger partial charge in [-0.15, -0.1) is 10.2 Å². The predicted molar refractivity (Wildman–Crippen MR) is 131 cm³/mol. The number of hydrogen-bond acceptors (Lipinski definition) is 8. The first-order valence-electron chi connectivity index (χ1n) is 11.3. The molecule has 0 bridgehead atoms. The topological polar surface area (TPSA) is 114 Å². The largest absolute Gasteiger partial charge is 0.461 e. The van der Waals surface area contributed by atoms with Crippen molar-refractivity contribution in [3.63, 3.8) is 0 Å². The summed E-state index contributed by atoms with van der Waals surface area (Å²) in [6.45, 7) is 4.10. The first-order valence-corrected chi connectivity index (χ1v) is 11.3. The summed E-state index contributed by atoms with van der Waals surface area (Å²) in [5, 5.41) is 14.4. The van der Waals surface area contributed by atoms with Crippen LogP contribution in [0.2, 0.25) is 0 Å². The first kappa shape index (κ1) is 22.2. The molecule has 0 unspecified atom stereocenters. The molecule has 0 aliphatic carbocycles. The van der Waals surface area contributed by atoms with Crippen LogP contribution in [0.4, 0.5) is 11.5 Å². The zero-order valence-corrected chi connectivity index (χ0v) is 19.6. The Balaban J connectivity index is 1.55. The average molecular weight is 469 g/mol. The Morgan fingerprint density at radius 3 is 2.54 bits per heavy atom. The molecule has 2 aromatic carbocycles. The Morgan fingerprint density at radius 1 is 1.09 bits per heavy atom. The molecule has 0 fully saturated rings. The van der Waals surface area contributed by atoms with Gasteiger partial charge >= 0.3 is 5.97 Å². The van der Waals surface area contributed by atoms with E-state index >= 15 is 0 Å². The zero-order chi connectivity index (χ0) is 24.4. The molecule has 1 N–H and O–H groups in total. The van der Waals surface area contributed by atoms with Gasteiger partial charge in [0, 0.05) is 30.1 Å². The minimum absolute atomic E-state index is 0.282. The molecule has 3 heterocycles. The van der Waals surface area contributed by atoms with E-state index in [1.807, 2.05) is 73.5 Å². The number of aromatic nitrogens is 7. The van der Waals surface area contributed by atoms with Crippen molar-refractivity contribution < 1.29 is 9.53 Å². The minimum Gasteiger partial charge on any atom is -0.461 e. The zero-order valence-electron chi connectivity index (χ0n) is 19.6. The van der Waals surface area contributed by atoms with Crippen molar-refractivity contribution in [1.29, 1.82) is 0 Å². The smallest absolute Gasteiger partial charge is 0.357 e. The van der Waals surface area contributed by atoms with E-state index in [1.54, 1.807) is 11.3 Å². The molecule has 176 valence electrons. The van der Waals surface area contributed by atoms with Crippen LogP contribution in [0.5, 0.6) is 0 Å². The summed E-state index contributed by atoms with van der Waals surface area (Å²) in [4.78, 5) is 23.5. The third kappa shape index (κ3) is 4.10. The highest BCUT2D eigenvalue weighted by Crippen LogP contribution is 2.32. The van der Waals surface area contributed by atoms with Gasteiger partial charge in [0.05, 0.1) is 12.8 Å². The van der Waals surface area contributed by atoms with Gasteiger partial charge < -0.3 is 9.64 Å². The lowest BCUT2D eigenvalue weighted by Gasteiger charge is -2.22. The summed E-state index contributed by atoms with van der Waals surface area (Å²) in [6, 6.07) is 18.0. The number of fused-ring (bicyclic) bond motifs is 1. The Hall–Kier alpha value is -4.60. The average Bonchev–Trinajstić information content (AvgIpc) is 3.58. The second-order valence-corrected chi connectivity index (χ2v) is 7.85. The number of carbonyl (C=O) groups is 1. The molecule has 0 aliphatic heterocycles. The second-order valence-electron chi connectivity index (χ2n) is 7.85. The normalized spacial score (nSPS) is 11.1. The molecule has 0 spiro atoms. The van der Waals surface area contributed by atoms with Crippen LogP contribution in [0.15, 0.2) is 60.8 Å². The monoisotopic (exact) mass is 468 g/mol. The van der Waals surface area contributed by atoms with E-state index in [4.69, 9.17) is 4.74 Å². The van der Waals surface area contributed by atoms with Gasteiger partial charge in [-0.2, -0.15) is 5.21 Å². The Morgan fingerprint density at radius 2 is 1.86 bits per heavy atom. The number of H-pyrrole nitrogens is 1. The highest BCUT2D eigenvalue weighted by Gasteiger charge is 2.20. The molecule has 0 saturated carbocycles. The molecule has 0 aliphatic rings. The van der Waals surface area contributed by atoms with Crippen molar-refractivity contribution >= 4 is 23.3 Å². The van der Waals surface area contributed by atoms with Crippen molar-refractivity contribution in [2.24, 2.45) is 0 Å². The number of aryl methyl sites for hydroxylation is 1. The number of ether oxygens (including phenoxy) is 1. The van der Waals surface area contributed by atoms with E-state index in [-0.39, 0.29) is 6.61 Å². The van der Waals surface area contributed by atoms with Gasteiger partial charge in [-0.3, -0.25) is 4.40 Å². The van der Waals surface area contributed by atoms with Crippen LogP contribution in [0, 0.1) is 0 Å². The lowest BCUT2D eigenvalue weighted by atomic mass is 9.99. The van der Waals surface area contributed by atoms with Crippen molar-refractivity contribution in [3.8, 4) is 22.5 Å². The maximum Gasteiger partial charge on any atom is 0.357 e. The summed E-state index contributed by atoms with van der Waals surface area (Å²) in [7, 11) is 1.95. The van der Waals surface area contributed by atoms with Crippen LogP contribution in [-0.4, -0.2) is 54.6 Å². The van der Waals surface area contributed by atoms with Gasteiger partial charge in [-0.25, -0.2) is 14.8 Å². The van der Waals surface area contributed by atoms with Crippen molar-refractivity contribution in [3.05, 3.63) is 72.2 Å². The number of hydrogen-bond donors (Lipinski definition) is 1. The van der Waals surface area contributed by atoms with Crippen LogP contribution < -0.4 is 4.90 Å². The Kier molecular flexibility index (Phi) is 5.92. The van der Waals surface area contributed by atoms with Gasteiger partial charge in [0.2, 0.25) is 11.6 Å². The fourth-order valence-corrected chi connectivity index (χ4v) is 4.00.